The lowest BCUT2D eigenvalue weighted by Crippen LogP contribution is -2.29. The van der Waals surface area contributed by atoms with Gasteiger partial charge >= 0.3 is 0 Å². The van der Waals surface area contributed by atoms with E-state index in [0.717, 1.165) is 25.3 Å². The van der Waals surface area contributed by atoms with E-state index in [1.54, 1.807) is 12.3 Å². The summed E-state index contributed by atoms with van der Waals surface area (Å²) in [6, 6.07) is 9.65. The zero-order valence-corrected chi connectivity index (χ0v) is 15.5. The first-order valence-corrected chi connectivity index (χ1v) is 9.35. The molecular formula is C20H27N5O. The second-order valence-corrected chi connectivity index (χ2v) is 7.09. The topological polar surface area (TPSA) is 70.2 Å². The molecule has 6 heteroatoms. The molecule has 0 radical (unpaired) electrons. The van der Waals surface area contributed by atoms with E-state index < -0.39 is 0 Å². The van der Waals surface area contributed by atoms with Gasteiger partial charge in [-0.2, -0.15) is 0 Å². The molecule has 1 amide bonds. The average Bonchev–Trinajstić information content (AvgIpc) is 2.68. The molecule has 2 heterocycles. The molecule has 1 aliphatic rings. The summed E-state index contributed by atoms with van der Waals surface area (Å²) in [7, 11) is 0. The maximum atomic E-state index is 12.5. The number of nitrogens with zero attached hydrogens (tertiary/aromatic N) is 3. The predicted octanol–water partition coefficient (Wildman–Crippen LogP) is 3.79. The quantitative estimate of drug-likeness (QED) is 0.827. The third-order valence-corrected chi connectivity index (χ3v) is 4.40. The first-order valence-electron chi connectivity index (χ1n) is 9.35. The minimum atomic E-state index is -0.231. The Morgan fingerprint density at radius 1 is 1.12 bits per heavy atom. The van der Waals surface area contributed by atoms with Crippen LogP contribution < -0.4 is 15.5 Å². The summed E-state index contributed by atoms with van der Waals surface area (Å²) >= 11 is 0. The highest BCUT2D eigenvalue weighted by Gasteiger charge is 2.12. The van der Waals surface area contributed by atoms with E-state index in [1.807, 2.05) is 12.1 Å². The number of hydrogen-bond donors (Lipinski definition) is 2. The van der Waals surface area contributed by atoms with Crippen LogP contribution in [-0.2, 0) is 0 Å². The lowest BCUT2D eigenvalue weighted by Gasteiger charge is -2.28. The van der Waals surface area contributed by atoms with Crippen LogP contribution in [-0.4, -0.2) is 35.5 Å². The molecule has 1 aromatic heterocycles. The molecule has 0 spiro atoms. The second-order valence-electron chi connectivity index (χ2n) is 7.09. The van der Waals surface area contributed by atoms with Crippen LogP contribution in [0.3, 0.4) is 0 Å². The van der Waals surface area contributed by atoms with Crippen molar-refractivity contribution >= 4 is 23.2 Å². The Kier molecular flexibility index (Phi) is 6.04. The minimum Gasteiger partial charge on any atom is -0.372 e. The van der Waals surface area contributed by atoms with Crippen molar-refractivity contribution in [1.29, 1.82) is 0 Å². The molecule has 2 N–H and O–H groups in total. The highest BCUT2D eigenvalue weighted by Crippen LogP contribution is 2.22. The lowest BCUT2D eigenvalue weighted by molar-refractivity contribution is 0.102. The van der Waals surface area contributed by atoms with Crippen LogP contribution in [0.15, 0.2) is 36.5 Å². The van der Waals surface area contributed by atoms with Gasteiger partial charge in [0.1, 0.15) is 5.69 Å². The number of hydrogen-bond acceptors (Lipinski definition) is 5. The highest BCUT2D eigenvalue weighted by atomic mass is 16.1. The first kappa shape index (κ1) is 18.2. The van der Waals surface area contributed by atoms with Crippen molar-refractivity contribution in [3.63, 3.8) is 0 Å². The van der Waals surface area contributed by atoms with Gasteiger partial charge in [0.05, 0.1) is 0 Å². The fourth-order valence-electron chi connectivity index (χ4n) is 2.97. The number of carbonyl (C=O) groups excluding carboxylic acids is 1. The third kappa shape index (κ3) is 4.94. The van der Waals surface area contributed by atoms with Crippen molar-refractivity contribution < 1.29 is 4.79 Å². The summed E-state index contributed by atoms with van der Waals surface area (Å²) in [5.74, 6) is 0.729. The molecular weight excluding hydrogens is 326 g/mol. The highest BCUT2D eigenvalue weighted by molar-refractivity contribution is 6.03. The van der Waals surface area contributed by atoms with Crippen molar-refractivity contribution in [3.05, 3.63) is 42.2 Å². The number of carbonyl (C=O) groups is 1. The molecule has 138 valence electrons. The van der Waals surface area contributed by atoms with Crippen LogP contribution in [0.4, 0.5) is 17.3 Å². The lowest BCUT2D eigenvalue weighted by atomic mass is 10.1. The van der Waals surface area contributed by atoms with Gasteiger partial charge in [-0.3, -0.25) is 4.79 Å². The average molecular weight is 353 g/mol. The van der Waals surface area contributed by atoms with Crippen LogP contribution in [0.25, 0.3) is 0 Å². The van der Waals surface area contributed by atoms with Gasteiger partial charge in [0.25, 0.3) is 5.91 Å². The van der Waals surface area contributed by atoms with Gasteiger partial charge in [-0.15, -0.1) is 0 Å². The number of rotatable bonds is 6. The van der Waals surface area contributed by atoms with Crippen LogP contribution in [0.1, 0.15) is 43.6 Å². The zero-order chi connectivity index (χ0) is 18.4. The Bertz CT molecular complexity index is 723. The van der Waals surface area contributed by atoms with Crippen molar-refractivity contribution in [3.8, 4) is 0 Å². The molecule has 3 rings (SSSR count). The van der Waals surface area contributed by atoms with Gasteiger partial charge < -0.3 is 15.5 Å². The third-order valence-electron chi connectivity index (χ3n) is 4.40. The Morgan fingerprint density at radius 2 is 1.85 bits per heavy atom. The van der Waals surface area contributed by atoms with Crippen LogP contribution >= 0.6 is 0 Å². The Hall–Kier alpha value is -2.63. The molecule has 6 nitrogen and oxygen atoms in total. The van der Waals surface area contributed by atoms with E-state index in [9.17, 15) is 4.79 Å². The van der Waals surface area contributed by atoms with Gasteiger partial charge in [-0.05, 0) is 55.5 Å². The van der Waals surface area contributed by atoms with Crippen molar-refractivity contribution in [2.24, 2.45) is 5.92 Å². The van der Waals surface area contributed by atoms with Crippen molar-refractivity contribution in [1.82, 2.24) is 9.97 Å². The maximum Gasteiger partial charge on any atom is 0.274 e. The van der Waals surface area contributed by atoms with E-state index >= 15 is 0 Å². The van der Waals surface area contributed by atoms with Gasteiger partial charge in [-0.25, -0.2) is 9.97 Å². The van der Waals surface area contributed by atoms with E-state index in [0.29, 0.717) is 17.6 Å². The number of amides is 1. The van der Waals surface area contributed by atoms with Crippen LogP contribution in [0.2, 0.25) is 0 Å². The molecule has 1 aliphatic heterocycles. The number of aromatic nitrogens is 2. The van der Waals surface area contributed by atoms with Gasteiger partial charge in [0, 0.05) is 37.2 Å². The van der Waals surface area contributed by atoms with Crippen LogP contribution in [0.5, 0.6) is 0 Å². The number of anilines is 3. The minimum absolute atomic E-state index is 0.231. The summed E-state index contributed by atoms with van der Waals surface area (Å²) in [4.78, 5) is 23.3. The number of benzene rings is 1. The summed E-state index contributed by atoms with van der Waals surface area (Å²) in [6.45, 7) is 7.20. The first-order chi connectivity index (χ1) is 12.6. The summed E-state index contributed by atoms with van der Waals surface area (Å²) < 4.78 is 0. The van der Waals surface area contributed by atoms with Gasteiger partial charge in [-0.1, -0.05) is 13.8 Å². The standard InChI is InChI=1S/C20H27N5O/c1-15(2)14-22-20-21-11-10-18(24-20)19(26)23-16-6-8-17(9-7-16)25-12-4-3-5-13-25/h6-11,15H,3-5,12-14H2,1-2H3,(H,23,26)(H,21,22,24). The molecule has 0 unspecified atom stereocenters. The van der Waals surface area contributed by atoms with Crippen molar-refractivity contribution in [2.75, 3.05) is 35.2 Å². The van der Waals surface area contributed by atoms with E-state index in [1.165, 1.54) is 24.9 Å². The van der Waals surface area contributed by atoms with Crippen LogP contribution in [0, 0.1) is 5.92 Å². The van der Waals surface area contributed by atoms with E-state index in [2.05, 4.69) is 51.5 Å². The summed E-state index contributed by atoms with van der Waals surface area (Å²) in [5.41, 5.74) is 2.34. The van der Waals surface area contributed by atoms with E-state index in [4.69, 9.17) is 0 Å². The molecule has 0 bridgehead atoms. The SMILES string of the molecule is CC(C)CNc1nccc(C(=O)Nc2ccc(N3CCCCC3)cc2)n1. The molecule has 0 atom stereocenters. The maximum absolute atomic E-state index is 12.5. The molecule has 1 saturated heterocycles. The van der Waals surface area contributed by atoms with Crippen molar-refractivity contribution in [2.45, 2.75) is 33.1 Å². The Morgan fingerprint density at radius 3 is 2.54 bits per heavy atom. The number of piperidine rings is 1. The predicted molar refractivity (Wildman–Crippen MR) is 106 cm³/mol. The molecule has 1 aromatic carbocycles. The largest absolute Gasteiger partial charge is 0.372 e. The van der Waals surface area contributed by atoms with E-state index in [-0.39, 0.29) is 5.91 Å². The fraction of sp³-hybridized carbons (Fsp3) is 0.450. The monoisotopic (exact) mass is 353 g/mol. The summed E-state index contributed by atoms with van der Waals surface area (Å²) in [6.07, 6.45) is 5.42. The molecule has 1 fully saturated rings. The fourth-order valence-corrected chi connectivity index (χ4v) is 2.97. The smallest absolute Gasteiger partial charge is 0.274 e. The van der Waals surface area contributed by atoms with Gasteiger partial charge in [0.2, 0.25) is 5.95 Å². The molecule has 26 heavy (non-hydrogen) atoms. The Labute approximate surface area is 155 Å². The zero-order valence-electron chi connectivity index (χ0n) is 15.5. The number of nitrogens with one attached hydrogen (secondary N) is 2. The molecule has 0 aliphatic carbocycles. The summed E-state index contributed by atoms with van der Waals surface area (Å²) in [5, 5.41) is 6.04. The van der Waals surface area contributed by atoms with Gasteiger partial charge in [0.15, 0.2) is 0 Å². The molecule has 2 aromatic rings. The Balaban J connectivity index is 1.61. The normalized spacial score (nSPS) is 14.3. The second kappa shape index (κ2) is 8.65. The molecule has 0 saturated carbocycles.